The first-order chi connectivity index (χ1) is 9.08. The molecule has 0 bridgehead atoms. The summed E-state index contributed by atoms with van der Waals surface area (Å²) < 4.78 is 0. The van der Waals surface area contributed by atoms with Gasteiger partial charge in [-0.05, 0) is 25.8 Å². The molecule has 1 aliphatic rings. The topological polar surface area (TPSA) is 84.3 Å². The number of nitro benzene ring substituents is 1. The van der Waals surface area contributed by atoms with E-state index in [0.717, 1.165) is 12.8 Å². The molecule has 1 aromatic carbocycles. The Morgan fingerprint density at radius 1 is 1.47 bits per heavy atom. The van der Waals surface area contributed by atoms with E-state index in [9.17, 15) is 14.9 Å². The van der Waals surface area contributed by atoms with Gasteiger partial charge in [-0.25, -0.2) is 0 Å². The molecule has 0 aromatic heterocycles. The molecule has 0 aliphatic heterocycles. The normalized spacial score (nSPS) is 13.9. The molecule has 6 heteroatoms. The summed E-state index contributed by atoms with van der Waals surface area (Å²) in [4.78, 5) is 22.1. The van der Waals surface area contributed by atoms with Crippen molar-refractivity contribution >= 4 is 17.3 Å². The van der Waals surface area contributed by atoms with Crippen LogP contribution >= 0.6 is 0 Å². The monoisotopic (exact) mass is 263 g/mol. The average molecular weight is 263 g/mol. The maximum Gasteiger partial charge on any atom is 0.295 e. The number of anilines is 1. The standard InChI is InChI=1S/C13H17N3O3/c1-9-3-2-4-11(13(9)16(18)19)14-8-7-12(17)15-10-5-6-10/h2-4,10,14H,5-8H2,1H3,(H,15,17). The van der Waals surface area contributed by atoms with Gasteiger partial charge in [-0.2, -0.15) is 0 Å². The summed E-state index contributed by atoms with van der Waals surface area (Å²) in [7, 11) is 0. The number of nitro groups is 1. The summed E-state index contributed by atoms with van der Waals surface area (Å²) in [6.07, 6.45) is 2.44. The predicted octanol–water partition coefficient (Wildman–Crippen LogP) is 1.98. The quantitative estimate of drug-likeness (QED) is 0.607. The van der Waals surface area contributed by atoms with Crippen LogP contribution in [-0.2, 0) is 4.79 Å². The molecular weight excluding hydrogens is 246 g/mol. The fourth-order valence-corrected chi connectivity index (χ4v) is 1.88. The van der Waals surface area contributed by atoms with Crippen LogP contribution in [0.3, 0.4) is 0 Å². The van der Waals surface area contributed by atoms with Crippen molar-refractivity contribution in [2.45, 2.75) is 32.2 Å². The fourth-order valence-electron chi connectivity index (χ4n) is 1.88. The van der Waals surface area contributed by atoms with Crippen molar-refractivity contribution in [3.63, 3.8) is 0 Å². The number of rotatable bonds is 6. The lowest BCUT2D eigenvalue weighted by Crippen LogP contribution is -2.27. The summed E-state index contributed by atoms with van der Waals surface area (Å²) >= 11 is 0. The molecule has 1 fully saturated rings. The first kappa shape index (κ1) is 13.3. The first-order valence-corrected chi connectivity index (χ1v) is 6.35. The van der Waals surface area contributed by atoms with Crippen molar-refractivity contribution in [1.82, 2.24) is 5.32 Å². The van der Waals surface area contributed by atoms with Crippen LogP contribution in [0.4, 0.5) is 11.4 Å². The van der Waals surface area contributed by atoms with Gasteiger partial charge >= 0.3 is 0 Å². The molecule has 1 saturated carbocycles. The zero-order chi connectivity index (χ0) is 13.8. The molecule has 0 saturated heterocycles. The van der Waals surface area contributed by atoms with Crippen LogP contribution in [0, 0.1) is 17.0 Å². The van der Waals surface area contributed by atoms with E-state index in [-0.39, 0.29) is 11.6 Å². The van der Waals surface area contributed by atoms with Crippen LogP contribution in [0.2, 0.25) is 0 Å². The van der Waals surface area contributed by atoms with Crippen molar-refractivity contribution in [2.24, 2.45) is 0 Å². The summed E-state index contributed by atoms with van der Waals surface area (Å²) in [5.74, 6) is -0.00898. The summed E-state index contributed by atoms with van der Waals surface area (Å²) in [6.45, 7) is 2.09. The van der Waals surface area contributed by atoms with Crippen LogP contribution in [0.1, 0.15) is 24.8 Å². The highest BCUT2D eigenvalue weighted by Gasteiger charge is 2.23. The highest BCUT2D eigenvalue weighted by atomic mass is 16.6. The zero-order valence-electron chi connectivity index (χ0n) is 10.8. The fraction of sp³-hybridized carbons (Fsp3) is 0.462. The van der Waals surface area contributed by atoms with Crippen molar-refractivity contribution in [2.75, 3.05) is 11.9 Å². The molecule has 2 N–H and O–H groups in total. The molecule has 0 atom stereocenters. The molecule has 1 aromatic rings. The van der Waals surface area contributed by atoms with E-state index in [1.807, 2.05) is 0 Å². The molecule has 1 amide bonds. The molecule has 0 radical (unpaired) electrons. The third-order valence-corrected chi connectivity index (χ3v) is 3.03. The van der Waals surface area contributed by atoms with Gasteiger partial charge < -0.3 is 10.6 Å². The van der Waals surface area contributed by atoms with Crippen LogP contribution in [0.25, 0.3) is 0 Å². The minimum Gasteiger partial charge on any atom is -0.379 e. The maximum absolute atomic E-state index is 11.5. The number of carbonyl (C=O) groups is 1. The van der Waals surface area contributed by atoms with E-state index in [4.69, 9.17) is 0 Å². The predicted molar refractivity (Wildman–Crippen MR) is 72.1 cm³/mol. The molecule has 102 valence electrons. The van der Waals surface area contributed by atoms with Crippen molar-refractivity contribution < 1.29 is 9.72 Å². The minimum absolute atomic E-state index is 0.00898. The minimum atomic E-state index is -0.401. The Morgan fingerprint density at radius 3 is 2.84 bits per heavy atom. The van der Waals surface area contributed by atoms with E-state index >= 15 is 0 Å². The van der Waals surface area contributed by atoms with Gasteiger partial charge in [-0.15, -0.1) is 0 Å². The van der Waals surface area contributed by atoms with Crippen LogP contribution < -0.4 is 10.6 Å². The molecule has 0 heterocycles. The number of aryl methyl sites for hydroxylation is 1. The van der Waals surface area contributed by atoms with Crippen LogP contribution in [0.5, 0.6) is 0 Å². The van der Waals surface area contributed by atoms with Gasteiger partial charge in [0.15, 0.2) is 0 Å². The first-order valence-electron chi connectivity index (χ1n) is 6.35. The number of amides is 1. The molecule has 19 heavy (non-hydrogen) atoms. The highest BCUT2D eigenvalue weighted by molar-refractivity contribution is 5.77. The van der Waals surface area contributed by atoms with Crippen molar-refractivity contribution in [3.05, 3.63) is 33.9 Å². The SMILES string of the molecule is Cc1cccc(NCCC(=O)NC2CC2)c1[N+](=O)[O-]. The maximum atomic E-state index is 11.5. The third kappa shape index (κ3) is 3.67. The van der Waals surface area contributed by atoms with E-state index in [2.05, 4.69) is 10.6 Å². The number of nitrogens with one attached hydrogen (secondary N) is 2. The second-order valence-electron chi connectivity index (χ2n) is 4.75. The molecule has 0 unspecified atom stereocenters. The van der Waals surface area contributed by atoms with Gasteiger partial charge in [0, 0.05) is 24.6 Å². The second kappa shape index (κ2) is 5.69. The zero-order valence-corrected chi connectivity index (χ0v) is 10.8. The van der Waals surface area contributed by atoms with E-state index < -0.39 is 4.92 Å². The lowest BCUT2D eigenvalue weighted by Gasteiger charge is -2.08. The molecule has 2 rings (SSSR count). The number of nitrogens with zero attached hydrogens (tertiary/aromatic N) is 1. The average Bonchev–Trinajstić information content (AvgIpc) is 3.12. The number of hydrogen-bond donors (Lipinski definition) is 2. The lowest BCUT2D eigenvalue weighted by molar-refractivity contribution is -0.384. The number of para-hydroxylation sites is 1. The Kier molecular flexibility index (Phi) is 3.99. The Hall–Kier alpha value is -2.11. The molecule has 0 spiro atoms. The van der Waals surface area contributed by atoms with E-state index in [0.29, 0.717) is 30.3 Å². The van der Waals surface area contributed by atoms with Gasteiger partial charge in [0.05, 0.1) is 4.92 Å². The third-order valence-electron chi connectivity index (χ3n) is 3.03. The highest BCUT2D eigenvalue weighted by Crippen LogP contribution is 2.27. The Morgan fingerprint density at radius 2 is 2.21 bits per heavy atom. The van der Waals surface area contributed by atoms with E-state index in [1.54, 1.807) is 25.1 Å². The summed E-state index contributed by atoms with van der Waals surface area (Å²) in [5, 5.41) is 16.8. The number of carbonyl (C=O) groups excluding carboxylic acids is 1. The van der Waals surface area contributed by atoms with Gasteiger partial charge in [-0.1, -0.05) is 12.1 Å². The van der Waals surface area contributed by atoms with Crippen LogP contribution in [0.15, 0.2) is 18.2 Å². The summed E-state index contributed by atoms with van der Waals surface area (Å²) in [6, 6.07) is 5.46. The van der Waals surface area contributed by atoms with Crippen LogP contribution in [-0.4, -0.2) is 23.4 Å². The van der Waals surface area contributed by atoms with Crippen molar-refractivity contribution in [1.29, 1.82) is 0 Å². The van der Waals surface area contributed by atoms with Crippen molar-refractivity contribution in [3.8, 4) is 0 Å². The number of benzene rings is 1. The van der Waals surface area contributed by atoms with E-state index in [1.165, 1.54) is 0 Å². The smallest absolute Gasteiger partial charge is 0.295 e. The Bertz CT molecular complexity index is 498. The second-order valence-corrected chi connectivity index (χ2v) is 4.75. The summed E-state index contributed by atoms with van der Waals surface area (Å²) in [5.41, 5.74) is 1.15. The molecular formula is C13H17N3O3. The van der Waals surface area contributed by atoms with Gasteiger partial charge in [0.25, 0.3) is 5.69 Å². The molecule has 1 aliphatic carbocycles. The Labute approximate surface area is 111 Å². The number of hydrogen-bond acceptors (Lipinski definition) is 4. The lowest BCUT2D eigenvalue weighted by atomic mass is 10.1. The largest absolute Gasteiger partial charge is 0.379 e. The van der Waals surface area contributed by atoms with Gasteiger partial charge in [0.1, 0.15) is 5.69 Å². The molecule has 6 nitrogen and oxygen atoms in total. The van der Waals surface area contributed by atoms with Gasteiger partial charge in [-0.3, -0.25) is 14.9 Å². The Balaban J connectivity index is 1.89. The van der Waals surface area contributed by atoms with Gasteiger partial charge in [0.2, 0.25) is 5.91 Å².